The van der Waals surface area contributed by atoms with Crippen molar-refractivity contribution in [2.24, 2.45) is 0 Å². The molecule has 2 rings (SSSR count). The summed E-state index contributed by atoms with van der Waals surface area (Å²) in [6.07, 6.45) is 3.13. The second-order valence-corrected chi connectivity index (χ2v) is 6.46. The van der Waals surface area contributed by atoms with Crippen LogP contribution in [0.3, 0.4) is 0 Å². The van der Waals surface area contributed by atoms with Crippen LogP contribution in [-0.4, -0.2) is 14.9 Å². The highest BCUT2D eigenvalue weighted by atomic mass is 127. The molecule has 0 saturated heterocycles. The van der Waals surface area contributed by atoms with Crippen LogP contribution in [0.25, 0.3) is 0 Å². The number of rotatable bonds is 1. The monoisotopic (exact) mass is 538 g/mol. The first-order chi connectivity index (χ1) is 9.31. The first-order valence-corrected chi connectivity index (χ1v) is 7.74. The molecule has 2 aromatic heterocycles. The normalized spacial score (nSPS) is 9.60. The number of nitrogens with zero attached hydrogens (tertiary/aromatic N) is 3. The van der Waals surface area contributed by atoms with Gasteiger partial charge in [-0.15, -0.1) is 0 Å². The molecule has 0 aliphatic heterocycles. The van der Waals surface area contributed by atoms with Crippen LogP contribution in [0.1, 0.15) is 0 Å². The van der Waals surface area contributed by atoms with E-state index in [1.165, 1.54) is 12.3 Å². The fraction of sp³-hybridized carbons (Fsp3) is 0. The van der Waals surface area contributed by atoms with Gasteiger partial charge in [0, 0.05) is 25.6 Å². The maximum Gasteiger partial charge on any atom is 0.307 e. The summed E-state index contributed by atoms with van der Waals surface area (Å²) >= 11 is 15.0. The number of aromatic nitrogens is 2. The summed E-state index contributed by atoms with van der Waals surface area (Å²) in [6.45, 7) is 0. The third kappa shape index (κ3) is 5.50. The molecule has 0 aliphatic carbocycles. The van der Waals surface area contributed by atoms with E-state index in [9.17, 15) is 10.1 Å². The van der Waals surface area contributed by atoms with Crippen LogP contribution in [0.4, 0.5) is 11.4 Å². The van der Waals surface area contributed by atoms with Gasteiger partial charge in [0.1, 0.15) is 0 Å². The standard InChI is InChI=1S/C5H2ClIN2O2.C5H4ClIN2/c6-5-4(9(10)11)1-3(7)2-8-5;6-5-4(8)1-3(7)2-9-5/h1-2H;1-2H,8H2. The van der Waals surface area contributed by atoms with E-state index in [0.717, 1.165) is 3.57 Å². The highest BCUT2D eigenvalue weighted by Crippen LogP contribution is 2.22. The molecule has 0 amide bonds. The van der Waals surface area contributed by atoms with Crippen LogP contribution in [-0.2, 0) is 0 Å². The Kier molecular flexibility index (Phi) is 7.12. The van der Waals surface area contributed by atoms with Crippen molar-refractivity contribution in [2.75, 3.05) is 5.73 Å². The quantitative estimate of drug-likeness (QED) is 0.254. The van der Waals surface area contributed by atoms with Crippen LogP contribution >= 0.6 is 68.4 Å². The third-order valence-corrected chi connectivity index (χ3v) is 3.60. The Morgan fingerprint density at radius 3 is 2.00 bits per heavy atom. The Balaban J connectivity index is 0.000000204. The largest absolute Gasteiger partial charge is 0.396 e. The van der Waals surface area contributed by atoms with Crippen molar-refractivity contribution >= 4 is 79.8 Å². The fourth-order valence-electron chi connectivity index (χ4n) is 0.978. The number of anilines is 1. The summed E-state index contributed by atoms with van der Waals surface area (Å²) in [5, 5.41) is 10.5. The number of nitrogen functional groups attached to an aromatic ring is 1. The minimum Gasteiger partial charge on any atom is -0.396 e. The van der Waals surface area contributed by atoms with Gasteiger partial charge in [-0.2, -0.15) is 0 Å². The molecule has 2 heterocycles. The van der Waals surface area contributed by atoms with E-state index in [-0.39, 0.29) is 10.8 Å². The maximum absolute atomic E-state index is 10.3. The molecular formula is C10H6Cl2I2N4O2. The number of hydrogen-bond donors (Lipinski definition) is 1. The van der Waals surface area contributed by atoms with E-state index >= 15 is 0 Å². The lowest BCUT2D eigenvalue weighted by molar-refractivity contribution is -0.385. The van der Waals surface area contributed by atoms with Gasteiger partial charge in [-0.1, -0.05) is 23.2 Å². The van der Waals surface area contributed by atoms with Crippen LogP contribution in [0.5, 0.6) is 0 Å². The van der Waals surface area contributed by atoms with E-state index in [1.54, 1.807) is 12.3 Å². The molecule has 20 heavy (non-hydrogen) atoms. The summed E-state index contributed by atoms with van der Waals surface area (Å²) in [5.74, 6) is 0. The van der Waals surface area contributed by atoms with Crippen LogP contribution in [0, 0.1) is 17.3 Å². The van der Waals surface area contributed by atoms with Gasteiger partial charge in [-0.05, 0) is 51.2 Å². The minimum absolute atomic E-state index is 0.0737. The Bertz CT molecular complexity index is 643. The van der Waals surface area contributed by atoms with Crippen molar-refractivity contribution in [3.8, 4) is 0 Å². The third-order valence-electron chi connectivity index (χ3n) is 1.82. The molecule has 0 aliphatic rings. The minimum atomic E-state index is -0.558. The maximum atomic E-state index is 10.3. The molecule has 0 aromatic carbocycles. The first-order valence-electron chi connectivity index (χ1n) is 4.83. The van der Waals surface area contributed by atoms with Crippen molar-refractivity contribution in [1.82, 2.24) is 9.97 Å². The van der Waals surface area contributed by atoms with Gasteiger partial charge in [0.2, 0.25) is 5.15 Å². The van der Waals surface area contributed by atoms with Gasteiger partial charge in [0.25, 0.3) is 0 Å². The van der Waals surface area contributed by atoms with E-state index in [2.05, 4.69) is 32.6 Å². The molecule has 0 unspecified atom stereocenters. The average molecular weight is 539 g/mol. The zero-order chi connectivity index (χ0) is 15.3. The zero-order valence-corrected chi connectivity index (χ0v) is 15.4. The number of hydrogen-bond acceptors (Lipinski definition) is 5. The Morgan fingerprint density at radius 1 is 1.10 bits per heavy atom. The van der Waals surface area contributed by atoms with Gasteiger partial charge < -0.3 is 5.73 Å². The number of nitro groups is 1. The molecule has 0 fully saturated rings. The predicted octanol–water partition coefficient (Wildman–Crippen LogP) is 4.17. The summed E-state index contributed by atoms with van der Waals surface area (Å²) < 4.78 is 1.69. The Hall–Kier alpha value is -0.460. The summed E-state index contributed by atoms with van der Waals surface area (Å²) in [4.78, 5) is 17.1. The van der Waals surface area contributed by atoms with Crippen LogP contribution in [0.2, 0.25) is 10.3 Å². The molecule has 0 spiro atoms. The lowest BCUT2D eigenvalue weighted by atomic mass is 10.4. The van der Waals surface area contributed by atoms with Crippen molar-refractivity contribution in [3.05, 3.63) is 52.1 Å². The number of pyridine rings is 2. The van der Waals surface area contributed by atoms with E-state index in [4.69, 9.17) is 28.9 Å². The van der Waals surface area contributed by atoms with E-state index in [1.807, 2.05) is 22.6 Å². The van der Waals surface area contributed by atoms with Crippen molar-refractivity contribution in [3.63, 3.8) is 0 Å². The van der Waals surface area contributed by atoms with Crippen LogP contribution < -0.4 is 5.73 Å². The topological polar surface area (TPSA) is 94.9 Å². The van der Waals surface area contributed by atoms with Gasteiger partial charge >= 0.3 is 5.69 Å². The van der Waals surface area contributed by atoms with Gasteiger partial charge in [0.05, 0.1) is 10.6 Å². The highest BCUT2D eigenvalue weighted by Gasteiger charge is 2.12. The SMILES string of the molecule is Nc1cc(I)cnc1Cl.O=[N+]([O-])c1cc(I)cnc1Cl. The lowest BCUT2D eigenvalue weighted by Gasteiger charge is -1.94. The molecule has 2 N–H and O–H groups in total. The number of nitrogens with two attached hydrogens (primary N) is 1. The van der Waals surface area contributed by atoms with Gasteiger partial charge in [-0.25, -0.2) is 9.97 Å². The molecule has 6 nitrogen and oxygen atoms in total. The average Bonchev–Trinajstić information content (AvgIpc) is 2.38. The molecule has 0 saturated carbocycles. The van der Waals surface area contributed by atoms with Crippen molar-refractivity contribution < 1.29 is 4.92 Å². The molecule has 0 atom stereocenters. The van der Waals surface area contributed by atoms with Crippen LogP contribution in [0.15, 0.2) is 24.5 Å². The lowest BCUT2D eigenvalue weighted by Crippen LogP contribution is -1.91. The van der Waals surface area contributed by atoms with E-state index < -0.39 is 4.92 Å². The highest BCUT2D eigenvalue weighted by molar-refractivity contribution is 14.1. The second kappa shape index (κ2) is 8.10. The summed E-state index contributed by atoms with van der Waals surface area (Å²) in [5.41, 5.74) is 5.80. The Morgan fingerprint density at radius 2 is 1.60 bits per heavy atom. The summed E-state index contributed by atoms with van der Waals surface area (Å²) in [7, 11) is 0. The summed E-state index contributed by atoms with van der Waals surface area (Å²) in [6, 6.07) is 3.14. The predicted molar refractivity (Wildman–Crippen MR) is 95.0 cm³/mol. The molecule has 10 heteroatoms. The van der Waals surface area contributed by atoms with Crippen molar-refractivity contribution in [2.45, 2.75) is 0 Å². The van der Waals surface area contributed by atoms with Gasteiger partial charge in [-0.3, -0.25) is 10.1 Å². The second-order valence-electron chi connectivity index (χ2n) is 3.25. The smallest absolute Gasteiger partial charge is 0.307 e. The van der Waals surface area contributed by atoms with Gasteiger partial charge in [0.15, 0.2) is 5.15 Å². The molecule has 0 radical (unpaired) electrons. The van der Waals surface area contributed by atoms with Crippen molar-refractivity contribution in [1.29, 1.82) is 0 Å². The van der Waals surface area contributed by atoms with E-state index in [0.29, 0.717) is 14.4 Å². The molecular weight excluding hydrogens is 533 g/mol. The molecule has 106 valence electrons. The zero-order valence-electron chi connectivity index (χ0n) is 9.56. The number of halogens is 4. The first kappa shape index (κ1) is 17.6. The fourth-order valence-corrected chi connectivity index (χ4v) is 2.16. The Labute approximate surface area is 151 Å². The molecule has 0 bridgehead atoms. The molecule has 2 aromatic rings.